The zero-order chi connectivity index (χ0) is 13.7. The van der Waals surface area contributed by atoms with Crippen molar-refractivity contribution in [2.75, 3.05) is 13.1 Å². The summed E-state index contributed by atoms with van der Waals surface area (Å²) in [6.45, 7) is 1.01. The van der Waals surface area contributed by atoms with E-state index in [1.165, 1.54) is 6.08 Å². The minimum absolute atomic E-state index is 0.0762. The highest BCUT2D eigenvalue weighted by atomic mass is 16.4. The molecule has 5 nitrogen and oxygen atoms in total. The molecule has 1 aromatic heterocycles. The number of pyridine rings is 1. The van der Waals surface area contributed by atoms with Gasteiger partial charge in [0.05, 0.1) is 5.92 Å². The topological polar surface area (TPSA) is 70.5 Å². The first-order chi connectivity index (χ1) is 9.16. The molecule has 2 heterocycles. The van der Waals surface area contributed by atoms with Crippen LogP contribution in [0, 0.1) is 5.92 Å². The van der Waals surface area contributed by atoms with Gasteiger partial charge in [-0.25, -0.2) is 0 Å². The van der Waals surface area contributed by atoms with Crippen molar-refractivity contribution in [2.24, 2.45) is 5.92 Å². The summed E-state index contributed by atoms with van der Waals surface area (Å²) >= 11 is 0. The van der Waals surface area contributed by atoms with E-state index in [0.29, 0.717) is 25.9 Å². The zero-order valence-electron chi connectivity index (χ0n) is 10.5. The van der Waals surface area contributed by atoms with Gasteiger partial charge in [-0.05, 0) is 30.5 Å². The lowest BCUT2D eigenvalue weighted by molar-refractivity contribution is -0.144. The van der Waals surface area contributed by atoms with Gasteiger partial charge in [0.15, 0.2) is 0 Å². The number of rotatable bonds is 3. The third kappa shape index (κ3) is 3.64. The minimum Gasteiger partial charge on any atom is -0.481 e. The molecule has 0 bridgehead atoms. The van der Waals surface area contributed by atoms with E-state index in [-0.39, 0.29) is 11.8 Å². The van der Waals surface area contributed by atoms with Gasteiger partial charge in [-0.1, -0.05) is 6.07 Å². The van der Waals surface area contributed by atoms with Gasteiger partial charge in [-0.15, -0.1) is 0 Å². The summed E-state index contributed by atoms with van der Waals surface area (Å²) in [5.74, 6) is -1.16. The maximum Gasteiger partial charge on any atom is 0.306 e. The summed E-state index contributed by atoms with van der Waals surface area (Å²) in [5.41, 5.74) is 0.872. The van der Waals surface area contributed by atoms with Crippen molar-refractivity contribution >= 4 is 18.0 Å². The summed E-state index contributed by atoms with van der Waals surface area (Å²) in [7, 11) is 0. The number of aliphatic carboxylic acids is 1. The van der Waals surface area contributed by atoms with E-state index < -0.39 is 5.97 Å². The van der Waals surface area contributed by atoms with Gasteiger partial charge in [-0.2, -0.15) is 0 Å². The van der Waals surface area contributed by atoms with Crippen molar-refractivity contribution in [3.8, 4) is 0 Å². The number of aromatic nitrogens is 1. The third-order valence-corrected chi connectivity index (χ3v) is 3.26. The fourth-order valence-corrected chi connectivity index (χ4v) is 2.09. The normalized spacial score (nSPS) is 16.7. The molecule has 0 radical (unpaired) electrons. The Morgan fingerprint density at radius 3 is 2.68 bits per heavy atom. The molecule has 19 heavy (non-hydrogen) atoms. The van der Waals surface area contributed by atoms with E-state index in [2.05, 4.69) is 4.98 Å². The molecule has 1 amide bonds. The Morgan fingerprint density at radius 2 is 2.11 bits per heavy atom. The molecule has 1 fully saturated rings. The minimum atomic E-state index is -0.766. The first kappa shape index (κ1) is 13.3. The highest BCUT2D eigenvalue weighted by Gasteiger charge is 2.25. The van der Waals surface area contributed by atoms with Gasteiger partial charge in [0, 0.05) is 31.6 Å². The molecule has 1 aliphatic heterocycles. The van der Waals surface area contributed by atoms with Crippen molar-refractivity contribution < 1.29 is 14.7 Å². The fraction of sp³-hybridized carbons (Fsp3) is 0.357. The molecule has 1 saturated heterocycles. The highest BCUT2D eigenvalue weighted by Crippen LogP contribution is 2.17. The molecule has 100 valence electrons. The summed E-state index contributed by atoms with van der Waals surface area (Å²) < 4.78 is 0. The van der Waals surface area contributed by atoms with Crippen LogP contribution in [0.2, 0.25) is 0 Å². The third-order valence-electron chi connectivity index (χ3n) is 3.26. The van der Waals surface area contributed by atoms with E-state index >= 15 is 0 Å². The van der Waals surface area contributed by atoms with Crippen molar-refractivity contribution in [3.63, 3.8) is 0 Å². The molecular weight excluding hydrogens is 244 g/mol. The quantitative estimate of drug-likeness (QED) is 0.834. The molecule has 0 atom stereocenters. The van der Waals surface area contributed by atoms with Crippen LogP contribution in [0.3, 0.4) is 0 Å². The molecule has 0 spiro atoms. The molecule has 0 unspecified atom stereocenters. The van der Waals surface area contributed by atoms with Crippen LogP contribution in [0.5, 0.6) is 0 Å². The molecule has 0 saturated carbocycles. The number of carbonyl (C=O) groups excluding carboxylic acids is 1. The van der Waals surface area contributed by atoms with Crippen LogP contribution in [0.15, 0.2) is 30.6 Å². The summed E-state index contributed by atoms with van der Waals surface area (Å²) in [4.78, 5) is 28.4. The van der Waals surface area contributed by atoms with Gasteiger partial charge in [0.1, 0.15) is 0 Å². The summed E-state index contributed by atoms with van der Waals surface area (Å²) in [5, 5.41) is 8.89. The van der Waals surface area contributed by atoms with Crippen LogP contribution < -0.4 is 0 Å². The van der Waals surface area contributed by atoms with Crippen LogP contribution in [0.25, 0.3) is 6.08 Å². The number of hydrogen-bond donors (Lipinski definition) is 1. The van der Waals surface area contributed by atoms with E-state index in [1.54, 1.807) is 23.4 Å². The standard InChI is InChI=1S/C14H16N2O3/c17-13(4-3-11-2-1-7-15-10-11)16-8-5-12(6-9-16)14(18)19/h1-4,7,10,12H,5-6,8-9H2,(H,18,19)/b4-3+. The average molecular weight is 260 g/mol. The van der Waals surface area contributed by atoms with Gasteiger partial charge >= 0.3 is 5.97 Å². The maximum absolute atomic E-state index is 11.9. The van der Waals surface area contributed by atoms with E-state index in [9.17, 15) is 9.59 Å². The number of hydrogen-bond acceptors (Lipinski definition) is 3. The Morgan fingerprint density at radius 1 is 1.37 bits per heavy atom. The second kappa shape index (κ2) is 6.13. The van der Waals surface area contributed by atoms with Crippen LogP contribution in [0.1, 0.15) is 18.4 Å². The number of carbonyl (C=O) groups is 2. The Kier molecular flexibility index (Phi) is 4.28. The Balaban J connectivity index is 1.88. The van der Waals surface area contributed by atoms with Crippen LogP contribution in [-0.4, -0.2) is 40.0 Å². The van der Waals surface area contributed by atoms with E-state index in [4.69, 9.17) is 5.11 Å². The number of carboxylic acids is 1. The fourth-order valence-electron chi connectivity index (χ4n) is 2.09. The van der Waals surface area contributed by atoms with Crippen molar-refractivity contribution in [1.82, 2.24) is 9.88 Å². The lowest BCUT2D eigenvalue weighted by Gasteiger charge is -2.29. The predicted molar refractivity (Wildman–Crippen MR) is 70.2 cm³/mol. The Bertz CT molecular complexity index is 477. The molecule has 5 heteroatoms. The van der Waals surface area contributed by atoms with Crippen LogP contribution in [-0.2, 0) is 9.59 Å². The van der Waals surface area contributed by atoms with E-state index in [1.807, 2.05) is 12.1 Å². The summed E-state index contributed by atoms with van der Waals surface area (Å²) in [6.07, 6.45) is 7.65. The monoisotopic (exact) mass is 260 g/mol. The lowest BCUT2D eigenvalue weighted by atomic mass is 9.97. The second-order valence-corrected chi connectivity index (χ2v) is 4.56. The molecule has 2 rings (SSSR count). The number of piperidine rings is 1. The van der Waals surface area contributed by atoms with E-state index in [0.717, 1.165) is 5.56 Å². The van der Waals surface area contributed by atoms with Crippen molar-refractivity contribution in [1.29, 1.82) is 0 Å². The van der Waals surface area contributed by atoms with Crippen molar-refractivity contribution in [3.05, 3.63) is 36.2 Å². The van der Waals surface area contributed by atoms with Crippen LogP contribution in [0.4, 0.5) is 0 Å². The number of amides is 1. The second-order valence-electron chi connectivity index (χ2n) is 4.56. The highest BCUT2D eigenvalue weighted by molar-refractivity contribution is 5.91. The number of nitrogens with zero attached hydrogens (tertiary/aromatic N) is 2. The lowest BCUT2D eigenvalue weighted by Crippen LogP contribution is -2.39. The first-order valence-electron chi connectivity index (χ1n) is 6.26. The molecule has 0 aromatic carbocycles. The smallest absolute Gasteiger partial charge is 0.306 e. The van der Waals surface area contributed by atoms with Gasteiger partial charge in [0.2, 0.25) is 5.91 Å². The molecular formula is C14H16N2O3. The maximum atomic E-state index is 11.9. The van der Waals surface area contributed by atoms with Gasteiger partial charge in [-0.3, -0.25) is 14.6 Å². The van der Waals surface area contributed by atoms with Crippen LogP contribution >= 0.6 is 0 Å². The molecule has 1 N–H and O–H groups in total. The largest absolute Gasteiger partial charge is 0.481 e. The average Bonchev–Trinajstić information content (AvgIpc) is 2.46. The predicted octanol–water partition coefficient (Wildman–Crippen LogP) is 1.42. The Labute approximate surface area is 111 Å². The number of likely N-dealkylation sites (tertiary alicyclic amines) is 1. The Hall–Kier alpha value is -2.17. The molecule has 1 aromatic rings. The SMILES string of the molecule is O=C(O)C1CCN(C(=O)/C=C/c2cccnc2)CC1. The molecule has 1 aliphatic rings. The van der Waals surface area contributed by atoms with Gasteiger partial charge in [0.25, 0.3) is 0 Å². The molecule has 0 aliphatic carbocycles. The van der Waals surface area contributed by atoms with Gasteiger partial charge < -0.3 is 10.0 Å². The first-order valence-corrected chi connectivity index (χ1v) is 6.26. The van der Waals surface area contributed by atoms with Crippen molar-refractivity contribution in [2.45, 2.75) is 12.8 Å². The number of carboxylic acid groups (broad SMARTS) is 1. The summed E-state index contributed by atoms with van der Waals surface area (Å²) in [6, 6.07) is 3.68. The zero-order valence-corrected chi connectivity index (χ0v) is 10.5.